The Kier molecular flexibility index (Phi) is 15.9. The zero-order valence-electron chi connectivity index (χ0n) is 15.9. The molecule has 0 aromatic carbocycles. The van der Waals surface area contributed by atoms with Gasteiger partial charge in [-0.25, -0.2) is 0 Å². The Balaban J connectivity index is 3.68. The minimum absolute atomic E-state index is 0.0589. The second-order valence-electron chi connectivity index (χ2n) is 6.04. The molecule has 0 spiro atoms. The van der Waals surface area contributed by atoms with Crippen molar-refractivity contribution in [1.29, 1.82) is 5.41 Å². The second-order valence-corrected chi connectivity index (χ2v) is 6.04. The number of unbranched alkanes of at least 4 members (excludes halogenated alkanes) is 3. The van der Waals surface area contributed by atoms with Crippen LogP contribution in [-0.4, -0.2) is 61.8 Å². The molecule has 0 aromatic heterocycles. The number of nitrogens with two attached hydrogens (primary N) is 2. The summed E-state index contributed by atoms with van der Waals surface area (Å²) in [4.78, 5) is 23.3. The third kappa shape index (κ3) is 17.0. The summed E-state index contributed by atoms with van der Waals surface area (Å²) in [6, 6.07) is 0. The number of nitrogens with one attached hydrogen (secondary N) is 5. The van der Waals surface area contributed by atoms with Crippen LogP contribution in [-0.2, 0) is 9.59 Å². The zero-order chi connectivity index (χ0) is 20.3. The summed E-state index contributed by atoms with van der Waals surface area (Å²) in [6.07, 6.45) is 6.34. The normalized spacial score (nSPS) is 11.9. The van der Waals surface area contributed by atoms with Crippen molar-refractivity contribution in [3.8, 4) is 0 Å². The van der Waals surface area contributed by atoms with Gasteiger partial charge in [0.05, 0.1) is 0 Å². The van der Waals surface area contributed by atoms with Gasteiger partial charge in [0.25, 0.3) is 5.91 Å². The van der Waals surface area contributed by atoms with E-state index >= 15 is 0 Å². The van der Waals surface area contributed by atoms with Crippen LogP contribution in [0, 0.1) is 5.41 Å². The number of aliphatic hydroxyl groups is 1. The lowest BCUT2D eigenvalue weighted by molar-refractivity contribution is -0.135. The lowest BCUT2D eigenvalue weighted by Crippen LogP contribution is -2.46. The molecule has 0 aromatic rings. The molecule has 0 rings (SSSR count). The lowest BCUT2D eigenvalue weighted by atomic mass is 10.2. The molecular formula is C17H35N7O3. The molecule has 0 aliphatic heterocycles. The first-order valence-electron chi connectivity index (χ1n) is 9.39. The fourth-order valence-corrected chi connectivity index (χ4v) is 2.08. The number of guanidine groups is 1. The number of carbonyl (C=O) groups is 2. The van der Waals surface area contributed by atoms with E-state index in [1.165, 1.54) is 6.08 Å². The number of hydrogen-bond donors (Lipinski definition) is 8. The van der Waals surface area contributed by atoms with Gasteiger partial charge < -0.3 is 37.8 Å². The van der Waals surface area contributed by atoms with Crippen molar-refractivity contribution >= 4 is 17.8 Å². The molecule has 0 saturated carbocycles. The summed E-state index contributed by atoms with van der Waals surface area (Å²) in [7, 11) is 0. The average molecular weight is 386 g/mol. The van der Waals surface area contributed by atoms with Crippen molar-refractivity contribution in [2.24, 2.45) is 11.5 Å². The van der Waals surface area contributed by atoms with Gasteiger partial charge in [-0.2, -0.15) is 0 Å². The van der Waals surface area contributed by atoms with E-state index in [9.17, 15) is 14.7 Å². The molecule has 1 atom stereocenters. The maximum absolute atomic E-state index is 11.7. The second kappa shape index (κ2) is 17.3. The van der Waals surface area contributed by atoms with Crippen LogP contribution in [0.4, 0.5) is 0 Å². The van der Waals surface area contributed by atoms with E-state index in [1.807, 2.05) is 0 Å². The molecule has 0 radical (unpaired) electrons. The van der Waals surface area contributed by atoms with E-state index in [4.69, 9.17) is 16.9 Å². The highest BCUT2D eigenvalue weighted by Gasteiger charge is 2.15. The number of rotatable bonds is 16. The SMILES string of the molecule is N=C(N)NCCCCC=CC(=O)NC(O)C(=O)NCCCCNCCCN. The van der Waals surface area contributed by atoms with Gasteiger partial charge in [0, 0.05) is 13.1 Å². The van der Waals surface area contributed by atoms with Crippen molar-refractivity contribution in [3.63, 3.8) is 0 Å². The summed E-state index contributed by atoms with van der Waals surface area (Å²) < 4.78 is 0. The van der Waals surface area contributed by atoms with Crippen LogP contribution < -0.4 is 32.7 Å². The Labute approximate surface area is 161 Å². The molecule has 10 N–H and O–H groups in total. The Hall–Kier alpha value is -2.17. The molecule has 0 saturated heterocycles. The van der Waals surface area contributed by atoms with Gasteiger partial charge in [-0.1, -0.05) is 6.08 Å². The van der Waals surface area contributed by atoms with Crippen LogP contribution >= 0.6 is 0 Å². The largest absolute Gasteiger partial charge is 0.370 e. The minimum atomic E-state index is -1.57. The quantitative estimate of drug-likeness (QED) is 0.0521. The maximum atomic E-state index is 11.7. The van der Waals surface area contributed by atoms with Crippen LogP contribution in [0.3, 0.4) is 0 Å². The number of hydrogen-bond acceptors (Lipinski definition) is 6. The van der Waals surface area contributed by atoms with Gasteiger partial charge in [-0.15, -0.1) is 0 Å². The predicted octanol–water partition coefficient (Wildman–Crippen LogP) is -1.53. The molecule has 10 heteroatoms. The standard InChI is InChI=1S/C17H35N7O3/c18-9-7-11-21-10-5-6-12-22-15(26)16(27)24-14(25)8-3-1-2-4-13-23-17(19)20/h3,8,16,21,27H,1-2,4-7,9-13,18H2,(H,22,26)(H,24,25)(H4,19,20,23). The molecule has 0 aliphatic carbocycles. The molecule has 0 heterocycles. The highest BCUT2D eigenvalue weighted by Crippen LogP contribution is 1.95. The summed E-state index contributed by atoms with van der Waals surface area (Å²) in [6.45, 7) is 3.45. The summed E-state index contributed by atoms with van der Waals surface area (Å²) in [5.41, 5.74) is 10.5. The smallest absolute Gasteiger partial charge is 0.269 e. The molecule has 27 heavy (non-hydrogen) atoms. The Morgan fingerprint density at radius 3 is 2.33 bits per heavy atom. The highest BCUT2D eigenvalue weighted by molar-refractivity contribution is 5.92. The maximum Gasteiger partial charge on any atom is 0.269 e. The van der Waals surface area contributed by atoms with Crippen molar-refractivity contribution in [2.45, 2.75) is 44.8 Å². The number of aliphatic hydroxyl groups excluding tert-OH is 1. The van der Waals surface area contributed by atoms with Crippen molar-refractivity contribution in [3.05, 3.63) is 12.2 Å². The lowest BCUT2D eigenvalue weighted by Gasteiger charge is -2.12. The number of amides is 2. The number of carbonyl (C=O) groups excluding carboxylic acids is 2. The van der Waals surface area contributed by atoms with Crippen LogP contribution in [0.1, 0.15) is 38.5 Å². The fourth-order valence-electron chi connectivity index (χ4n) is 2.08. The third-order valence-electron chi connectivity index (χ3n) is 3.55. The summed E-state index contributed by atoms with van der Waals surface area (Å²) >= 11 is 0. The van der Waals surface area contributed by atoms with Crippen molar-refractivity contribution in [1.82, 2.24) is 21.3 Å². The van der Waals surface area contributed by atoms with Crippen molar-refractivity contribution < 1.29 is 14.7 Å². The Bertz CT molecular complexity index is 458. The van der Waals surface area contributed by atoms with Gasteiger partial charge in [0.15, 0.2) is 5.96 Å². The van der Waals surface area contributed by atoms with Gasteiger partial charge in [0.2, 0.25) is 12.1 Å². The van der Waals surface area contributed by atoms with Crippen molar-refractivity contribution in [2.75, 3.05) is 32.7 Å². The van der Waals surface area contributed by atoms with Crippen LogP contribution in [0.25, 0.3) is 0 Å². The van der Waals surface area contributed by atoms with E-state index in [0.717, 1.165) is 45.2 Å². The Morgan fingerprint density at radius 2 is 1.63 bits per heavy atom. The van der Waals surface area contributed by atoms with Crippen LogP contribution in [0.2, 0.25) is 0 Å². The van der Waals surface area contributed by atoms with E-state index in [0.29, 0.717) is 26.1 Å². The minimum Gasteiger partial charge on any atom is -0.370 e. The molecular weight excluding hydrogens is 350 g/mol. The molecule has 10 nitrogen and oxygen atoms in total. The number of allylic oxidation sites excluding steroid dienone is 1. The van der Waals surface area contributed by atoms with Gasteiger partial charge in [0.1, 0.15) is 0 Å². The molecule has 0 aliphatic rings. The molecule has 0 bridgehead atoms. The molecule has 2 amide bonds. The summed E-state index contributed by atoms with van der Waals surface area (Å²) in [5.74, 6) is -1.21. The first-order chi connectivity index (χ1) is 13.0. The predicted molar refractivity (Wildman–Crippen MR) is 106 cm³/mol. The van der Waals surface area contributed by atoms with E-state index < -0.39 is 18.0 Å². The van der Waals surface area contributed by atoms with Crippen LogP contribution in [0.15, 0.2) is 12.2 Å². The fraction of sp³-hybridized carbons (Fsp3) is 0.706. The monoisotopic (exact) mass is 385 g/mol. The molecule has 0 fully saturated rings. The first kappa shape index (κ1) is 24.8. The molecule has 156 valence electrons. The van der Waals surface area contributed by atoms with Gasteiger partial charge >= 0.3 is 0 Å². The average Bonchev–Trinajstić information content (AvgIpc) is 2.62. The van der Waals surface area contributed by atoms with Gasteiger partial charge in [-0.05, 0) is 64.2 Å². The summed E-state index contributed by atoms with van der Waals surface area (Å²) in [5, 5.41) is 27.4. The van der Waals surface area contributed by atoms with E-state index in [-0.39, 0.29) is 5.96 Å². The van der Waals surface area contributed by atoms with E-state index in [1.54, 1.807) is 6.08 Å². The third-order valence-corrected chi connectivity index (χ3v) is 3.55. The topological polar surface area (TPSA) is 178 Å². The van der Waals surface area contributed by atoms with Gasteiger partial charge in [-0.3, -0.25) is 15.0 Å². The highest BCUT2D eigenvalue weighted by atomic mass is 16.3. The zero-order valence-corrected chi connectivity index (χ0v) is 15.9. The van der Waals surface area contributed by atoms with Crippen LogP contribution in [0.5, 0.6) is 0 Å². The Morgan fingerprint density at radius 1 is 1.00 bits per heavy atom. The van der Waals surface area contributed by atoms with E-state index in [2.05, 4.69) is 21.3 Å². The first-order valence-corrected chi connectivity index (χ1v) is 9.39. The molecule has 1 unspecified atom stereocenters.